The zero-order valence-corrected chi connectivity index (χ0v) is 32.4. The number of aliphatic hydroxyl groups is 1. The number of aromatic nitrogens is 1. The third-order valence-electron chi connectivity index (χ3n) is 9.20. The van der Waals surface area contributed by atoms with Crippen LogP contribution < -0.4 is 14.2 Å². The molecule has 0 unspecified atom stereocenters. The summed E-state index contributed by atoms with van der Waals surface area (Å²) in [4.78, 5) is 16.2. The van der Waals surface area contributed by atoms with Gasteiger partial charge in [0.1, 0.15) is 11.5 Å². The highest BCUT2D eigenvalue weighted by Crippen LogP contribution is 2.33. The van der Waals surface area contributed by atoms with Crippen LogP contribution in [0.1, 0.15) is 67.0 Å². The normalized spacial score (nSPS) is 11.9. The molecule has 11 heteroatoms. The Labute approximate surface area is 318 Å². The van der Waals surface area contributed by atoms with Gasteiger partial charge in [-0.25, -0.2) is 13.4 Å². The number of benzene rings is 4. The second-order valence-electron chi connectivity index (χ2n) is 14.0. The van der Waals surface area contributed by atoms with E-state index in [1.165, 1.54) is 10.4 Å². The molecule has 0 spiro atoms. The Bertz CT molecular complexity index is 2110. The molecular formula is C43H48N2O8S. The van der Waals surface area contributed by atoms with E-state index >= 15 is 0 Å². The van der Waals surface area contributed by atoms with Gasteiger partial charge in [-0.1, -0.05) is 62.4 Å². The van der Waals surface area contributed by atoms with Crippen molar-refractivity contribution < 1.29 is 37.6 Å². The van der Waals surface area contributed by atoms with E-state index in [1.807, 2.05) is 62.4 Å². The largest absolute Gasteiger partial charge is 0.497 e. The summed E-state index contributed by atoms with van der Waals surface area (Å²) < 4.78 is 47.2. The summed E-state index contributed by atoms with van der Waals surface area (Å²) in [5, 5.41) is 20.7. The number of methoxy groups -OCH3 is 2. The molecule has 1 heterocycles. The van der Waals surface area contributed by atoms with Gasteiger partial charge in [-0.15, -0.1) is 0 Å². The van der Waals surface area contributed by atoms with Crippen LogP contribution in [0.5, 0.6) is 17.4 Å². The topological polar surface area (TPSA) is 135 Å². The maximum absolute atomic E-state index is 14.6. The van der Waals surface area contributed by atoms with Gasteiger partial charge in [0.2, 0.25) is 15.9 Å². The number of rotatable bonds is 17. The lowest BCUT2D eigenvalue weighted by Gasteiger charge is -2.25. The summed E-state index contributed by atoms with van der Waals surface area (Å²) >= 11 is 0. The zero-order chi connectivity index (χ0) is 39.0. The van der Waals surface area contributed by atoms with Crippen LogP contribution in [0.3, 0.4) is 0 Å². The first-order valence-electron chi connectivity index (χ1n) is 17.7. The maximum Gasteiger partial charge on any atom is 0.307 e. The molecule has 0 bridgehead atoms. The Morgan fingerprint density at radius 1 is 0.833 bits per heavy atom. The minimum absolute atomic E-state index is 0.0512. The molecule has 0 aliphatic rings. The number of carboxylic acid groups (broad SMARTS) is 1. The lowest BCUT2D eigenvalue weighted by Crippen LogP contribution is -2.31. The Hall–Kier alpha value is -5.23. The van der Waals surface area contributed by atoms with Crippen molar-refractivity contribution in [1.82, 2.24) is 9.29 Å². The molecule has 0 aliphatic carbocycles. The van der Waals surface area contributed by atoms with Crippen molar-refractivity contribution in [2.24, 2.45) is 0 Å². The molecule has 4 aromatic carbocycles. The van der Waals surface area contributed by atoms with Crippen LogP contribution in [0.15, 0.2) is 108 Å². The van der Waals surface area contributed by atoms with Crippen molar-refractivity contribution in [3.63, 3.8) is 0 Å². The first kappa shape index (κ1) is 40.0. The maximum atomic E-state index is 14.6. The molecule has 0 amide bonds. The number of hydrogen-bond donors (Lipinski definition) is 2. The van der Waals surface area contributed by atoms with Crippen LogP contribution in [-0.2, 0) is 46.4 Å². The first-order valence-corrected chi connectivity index (χ1v) is 19.2. The molecule has 1 aromatic heterocycles. The number of carbonyl (C=O) groups is 1. The SMILES string of the molecule is COc1ccc(CN(Cc2ccc(OC)cc2)S(=O)(=O)c2cc(CCOc3cc(-c4cccc(C(C)C)c4CC(=O)O)ccn3)cc(C(C)(C)O)c2)cc1. The van der Waals surface area contributed by atoms with Crippen LogP contribution in [-0.4, -0.2) is 54.7 Å². The molecular weight excluding hydrogens is 705 g/mol. The Morgan fingerprint density at radius 3 is 1.98 bits per heavy atom. The number of aliphatic carboxylic acids is 1. The van der Waals surface area contributed by atoms with Gasteiger partial charge in [0.05, 0.1) is 37.7 Å². The summed E-state index contributed by atoms with van der Waals surface area (Å²) in [5.41, 5.74) is 4.64. The van der Waals surface area contributed by atoms with Crippen LogP contribution in [0.2, 0.25) is 0 Å². The Morgan fingerprint density at radius 2 is 1.44 bits per heavy atom. The number of nitrogens with zero attached hydrogens (tertiary/aromatic N) is 2. The Balaban J connectivity index is 1.43. The second-order valence-corrected chi connectivity index (χ2v) is 15.9. The lowest BCUT2D eigenvalue weighted by atomic mass is 9.89. The van der Waals surface area contributed by atoms with E-state index in [0.29, 0.717) is 34.9 Å². The number of hydrogen-bond acceptors (Lipinski definition) is 8. The van der Waals surface area contributed by atoms with Crippen LogP contribution in [0.25, 0.3) is 11.1 Å². The van der Waals surface area contributed by atoms with Gasteiger partial charge in [0.15, 0.2) is 0 Å². The molecule has 54 heavy (non-hydrogen) atoms. The highest BCUT2D eigenvalue weighted by Gasteiger charge is 2.28. The first-order chi connectivity index (χ1) is 25.7. The number of ether oxygens (including phenoxy) is 3. The van der Waals surface area contributed by atoms with E-state index in [1.54, 1.807) is 76.7 Å². The minimum Gasteiger partial charge on any atom is -0.497 e. The third kappa shape index (κ3) is 10.0. The molecule has 0 atom stereocenters. The van der Waals surface area contributed by atoms with Crippen molar-refractivity contribution in [1.29, 1.82) is 0 Å². The fraction of sp³-hybridized carbons (Fsp3) is 0.302. The summed E-state index contributed by atoms with van der Waals surface area (Å²) in [6.45, 7) is 7.67. The molecule has 2 N–H and O–H groups in total. The summed E-state index contributed by atoms with van der Waals surface area (Å²) in [5.74, 6) is 0.910. The predicted molar refractivity (Wildman–Crippen MR) is 208 cm³/mol. The van der Waals surface area contributed by atoms with E-state index in [-0.39, 0.29) is 36.9 Å². The second kappa shape index (κ2) is 17.3. The van der Waals surface area contributed by atoms with E-state index in [2.05, 4.69) is 4.98 Å². The molecule has 0 saturated heterocycles. The number of sulfonamides is 1. The summed E-state index contributed by atoms with van der Waals surface area (Å²) in [6, 6.07) is 28.9. The number of carboxylic acids is 1. The smallest absolute Gasteiger partial charge is 0.307 e. The van der Waals surface area contributed by atoms with E-state index in [9.17, 15) is 23.4 Å². The Kier molecular flexibility index (Phi) is 12.8. The summed E-state index contributed by atoms with van der Waals surface area (Å²) in [6.07, 6.45) is 1.84. The van der Waals surface area contributed by atoms with E-state index in [4.69, 9.17) is 14.2 Å². The quantitative estimate of drug-likeness (QED) is 0.0977. The molecule has 0 aliphatic heterocycles. The monoisotopic (exact) mass is 752 g/mol. The standard InChI is InChI=1S/C43H48N2O8S/c1-29(2)38-8-7-9-39(40(38)26-42(46)47)33-18-20-44-41(24-33)53-21-19-32-22-34(43(3,4)48)25-37(23-32)54(49,50)45(27-30-10-14-35(51-5)15-11-30)28-31-12-16-36(52-6)17-13-31/h7-18,20,22-25,29,48H,19,21,26-28H2,1-6H3,(H,46,47). The molecule has 284 valence electrons. The third-order valence-corrected chi connectivity index (χ3v) is 11.0. The molecule has 0 saturated carbocycles. The van der Waals surface area contributed by atoms with Gasteiger partial charge in [-0.2, -0.15) is 4.31 Å². The van der Waals surface area contributed by atoms with Crippen LogP contribution in [0, 0.1) is 0 Å². The van der Waals surface area contributed by atoms with Gasteiger partial charge in [-0.3, -0.25) is 4.79 Å². The zero-order valence-electron chi connectivity index (χ0n) is 31.6. The van der Waals surface area contributed by atoms with Crippen molar-refractivity contribution in [3.8, 4) is 28.5 Å². The average molecular weight is 753 g/mol. The van der Waals surface area contributed by atoms with Gasteiger partial charge in [0.25, 0.3) is 0 Å². The van der Waals surface area contributed by atoms with Crippen molar-refractivity contribution in [2.45, 2.75) is 70.0 Å². The molecule has 0 radical (unpaired) electrons. The molecule has 5 aromatic rings. The van der Waals surface area contributed by atoms with Gasteiger partial charge >= 0.3 is 5.97 Å². The fourth-order valence-corrected chi connectivity index (χ4v) is 7.76. The van der Waals surface area contributed by atoms with Crippen LogP contribution in [0.4, 0.5) is 0 Å². The van der Waals surface area contributed by atoms with Crippen molar-refractivity contribution in [3.05, 3.63) is 137 Å². The highest BCUT2D eigenvalue weighted by molar-refractivity contribution is 7.89. The molecule has 10 nitrogen and oxygen atoms in total. The average Bonchev–Trinajstić information content (AvgIpc) is 3.14. The fourth-order valence-electron chi connectivity index (χ4n) is 6.25. The minimum atomic E-state index is -4.11. The predicted octanol–water partition coefficient (Wildman–Crippen LogP) is 7.76. The van der Waals surface area contributed by atoms with Gasteiger partial charge in [0, 0.05) is 31.8 Å². The van der Waals surface area contributed by atoms with Crippen LogP contribution >= 0.6 is 0 Å². The van der Waals surface area contributed by atoms with E-state index in [0.717, 1.165) is 33.4 Å². The molecule has 0 fully saturated rings. The van der Waals surface area contributed by atoms with E-state index < -0.39 is 21.6 Å². The molecule has 5 rings (SSSR count). The highest BCUT2D eigenvalue weighted by atomic mass is 32.2. The van der Waals surface area contributed by atoms with Gasteiger partial charge < -0.3 is 24.4 Å². The lowest BCUT2D eigenvalue weighted by molar-refractivity contribution is -0.136. The van der Waals surface area contributed by atoms with Crippen molar-refractivity contribution in [2.75, 3.05) is 20.8 Å². The number of pyridine rings is 1. The van der Waals surface area contributed by atoms with Gasteiger partial charge in [-0.05, 0) is 107 Å². The summed E-state index contributed by atoms with van der Waals surface area (Å²) in [7, 11) is -0.951. The van der Waals surface area contributed by atoms with Crippen molar-refractivity contribution >= 4 is 16.0 Å².